The number of rotatable bonds is 50. The molecule has 446 valence electrons. The van der Waals surface area contributed by atoms with E-state index in [1.54, 1.807) is 6.08 Å². The lowest BCUT2D eigenvalue weighted by atomic mass is 9.98. The lowest BCUT2D eigenvalue weighted by molar-refractivity contribution is -0.301. The summed E-state index contributed by atoms with van der Waals surface area (Å²) in [7, 11) is 0. The Balaban J connectivity index is 2.75. The van der Waals surface area contributed by atoms with E-state index in [0.29, 0.717) is 19.3 Å². The number of aliphatic hydroxyl groups excluding tert-OH is 2. The van der Waals surface area contributed by atoms with Gasteiger partial charge in [0.25, 0.3) is 0 Å². The molecule has 1 aliphatic heterocycles. The molecule has 1 fully saturated rings. The molecule has 3 N–H and O–H groups in total. The normalized spacial score (nSPS) is 18.7. The van der Waals surface area contributed by atoms with Crippen LogP contribution in [0, 0.1) is 0 Å². The van der Waals surface area contributed by atoms with Gasteiger partial charge in [0.1, 0.15) is 18.8 Å². The van der Waals surface area contributed by atoms with Gasteiger partial charge in [-0.1, -0.05) is 213 Å². The summed E-state index contributed by atoms with van der Waals surface area (Å²) >= 11 is 0. The average molecular weight is 1100 g/mol. The topological polar surface area (TPSA) is 175 Å². The molecule has 1 saturated heterocycles. The Morgan fingerprint density at radius 2 is 0.835 bits per heavy atom. The highest BCUT2D eigenvalue weighted by Gasteiger charge is 2.50. The molecular formula is C67H106O12. The molecule has 1 heterocycles. The highest BCUT2D eigenvalue weighted by atomic mass is 16.7. The van der Waals surface area contributed by atoms with E-state index in [1.807, 2.05) is 12.2 Å². The van der Waals surface area contributed by atoms with Crippen LogP contribution in [0.4, 0.5) is 0 Å². The first kappa shape index (κ1) is 72.1. The van der Waals surface area contributed by atoms with Crippen LogP contribution in [-0.2, 0) is 42.9 Å². The first-order valence-corrected chi connectivity index (χ1v) is 30.5. The number of esters is 3. The zero-order chi connectivity index (χ0) is 57.5. The molecule has 0 aromatic heterocycles. The summed E-state index contributed by atoms with van der Waals surface area (Å²) in [6.45, 7) is 5.71. The van der Waals surface area contributed by atoms with Gasteiger partial charge in [-0.3, -0.25) is 14.4 Å². The maximum Gasteiger partial charge on any atom is 0.335 e. The van der Waals surface area contributed by atoms with Gasteiger partial charge in [-0.2, -0.15) is 0 Å². The van der Waals surface area contributed by atoms with Crippen molar-refractivity contribution >= 4 is 23.9 Å². The molecule has 0 radical (unpaired) electrons. The van der Waals surface area contributed by atoms with E-state index in [2.05, 4.69) is 124 Å². The Labute approximate surface area is 478 Å². The van der Waals surface area contributed by atoms with Crippen molar-refractivity contribution < 1.29 is 58.2 Å². The second-order valence-corrected chi connectivity index (χ2v) is 20.3. The van der Waals surface area contributed by atoms with Crippen molar-refractivity contribution in [1.29, 1.82) is 0 Å². The Bertz CT molecular complexity index is 1840. The second kappa shape index (κ2) is 53.7. The van der Waals surface area contributed by atoms with Gasteiger partial charge >= 0.3 is 23.9 Å². The highest BCUT2D eigenvalue weighted by molar-refractivity contribution is 5.74. The summed E-state index contributed by atoms with van der Waals surface area (Å²) in [4.78, 5) is 51.1. The van der Waals surface area contributed by atoms with Crippen molar-refractivity contribution in [3.05, 3.63) is 122 Å². The largest absolute Gasteiger partial charge is 0.479 e. The molecule has 1 rings (SSSR count). The van der Waals surface area contributed by atoms with E-state index < -0.39 is 67.3 Å². The number of aliphatic hydroxyl groups is 2. The Hall–Kier alpha value is -4.88. The quantitative estimate of drug-likeness (QED) is 0.0228. The summed E-state index contributed by atoms with van der Waals surface area (Å²) in [5.74, 6) is -3.33. The maximum atomic E-state index is 13.1. The molecular weight excluding hydrogens is 997 g/mol. The first-order chi connectivity index (χ1) is 38.6. The molecule has 0 aromatic carbocycles. The number of ether oxygens (including phenoxy) is 5. The van der Waals surface area contributed by atoms with E-state index in [9.17, 15) is 34.5 Å². The van der Waals surface area contributed by atoms with Crippen LogP contribution < -0.4 is 0 Å². The highest BCUT2D eigenvalue weighted by Crippen LogP contribution is 2.26. The van der Waals surface area contributed by atoms with Crippen LogP contribution in [0.1, 0.15) is 226 Å². The molecule has 0 aliphatic carbocycles. The fourth-order valence-electron chi connectivity index (χ4n) is 8.36. The van der Waals surface area contributed by atoms with E-state index in [0.717, 1.165) is 128 Å². The van der Waals surface area contributed by atoms with Gasteiger partial charge in [-0.15, -0.1) is 0 Å². The summed E-state index contributed by atoms with van der Waals surface area (Å²) in [6, 6.07) is 0. The van der Waals surface area contributed by atoms with Gasteiger partial charge in [-0.05, 0) is 116 Å². The molecule has 0 amide bonds. The number of unbranched alkanes of at least 4 members (excludes halogenated alkanes) is 17. The van der Waals surface area contributed by atoms with Crippen molar-refractivity contribution in [1.82, 2.24) is 0 Å². The van der Waals surface area contributed by atoms with Crippen molar-refractivity contribution in [3.8, 4) is 0 Å². The minimum Gasteiger partial charge on any atom is -0.479 e. The van der Waals surface area contributed by atoms with Crippen LogP contribution in [0.25, 0.3) is 0 Å². The number of allylic oxidation sites excluding steroid dienone is 19. The smallest absolute Gasteiger partial charge is 0.335 e. The van der Waals surface area contributed by atoms with Gasteiger partial charge in [0.15, 0.2) is 24.6 Å². The van der Waals surface area contributed by atoms with Crippen molar-refractivity contribution in [2.75, 3.05) is 13.2 Å². The average Bonchev–Trinajstić information content (AvgIpc) is 3.46. The zero-order valence-electron chi connectivity index (χ0n) is 49.1. The van der Waals surface area contributed by atoms with Crippen molar-refractivity contribution in [3.63, 3.8) is 0 Å². The zero-order valence-corrected chi connectivity index (χ0v) is 49.1. The number of hydrogen-bond donors (Lipinski definition) is 3. The van der Waals surface area contributed by atoms with Crippen LogP contribution in [0.3, 0.4) is 0 Å². The summed E-state index contributed by atoms with van der Waals surface area (Å²) in [5, 5.41) is 31.5. The van der Waals surface area contributed by atoms with E-state index in [1.165, 1.54) is 38.5 Å². The minimum absolute atomic E-state index is 0.0248. The lowest BCUT2D eigenvalue weighted by Crippen LogP contribution is -2.61. The molecule has 12 nitrogen and oxygen atoms in total. The third-order valence-electron chi connectivity index (χ3n) is 13.0. The Morgan fingerprint density at radius 1 is 0.443 bits per heavy atom. The lowest BCUT2D eigenvalue weighted by Gasteiger charge is -2.40. The fraction of sp³-hybridized carbons (Fsp3) is 0.642. The monoisotopic (exact) mass is 1100 g/mol. The summed E-state index contributed by atoms with van der Waals surface area (Å²) in [6.07, 6.45) is 61.8. The van der Waals surface area contributed by atoms with Gasteiger partial charge < -0.3 is 39.0 Å². The SMILES string of the molecule is CC/C=C\C/C=C\C/C=C\C/C=C\C/C=C\CC(=O)OCC(COC1OC(C(=O)O)C(O)C(O)C1OC(=O)CCCCCCCC/C=C\C/C=C\C/C=C\CCCCC)OC(=O)CCCCCCC/C=C\C/C=C\CCCCC. The van der Waals surface area contributed by atoms with Crippen LogP contribution in [0.2, 0.25) is 0 Å². The summed E-state index contributed by atoms with van der Waals surface area (Å²) in [5.41, 5.74) is 0. The number of aliphatic carboxylic acids is 1. The van der Waals surface area contributed by atoms with E-state index in [4.69, 9.17) is 23.7 Å². The summed E-state index contributed by atoms with van der Waals surface area (Å²) < 4.78 is 28.3. The number of carboxylic acids is 1. The molecule has 0 bridgehead atoms. The molecule has 1 aliphatic rings. The molecule has 0 saturated carbocycles. The van der Waals surface area contributed by atoms with Gasteiger partial charge in [0.2, 0.25) is 0 Å². The molecule has 6 atom stereocenters. The Morgan fingerprint density at radius 3 is 1.28 bits per heavy atom. The van der Waals surface area contributed by atoms with Crippen LogP contribution in [0.5, 0.6) is 0 Å². The van der Waals surface area contributed by atoms with Gasteiger partial charge in [-0.25, -0.2) is 4.79 Å². The van der Waals surface area contributed by atoms with Crippen LogP contribution >= 0.6 is 0 Å². The molecule has 0 spiro atoms. The van der Waals surface area contributed by atoms with Crippen LogP contribution in [-0.4, -0.2) is 89.2 Å². The standard InChI is InChI=1S/C67H106O12/c1-4-7-10-13-16-19-22-25-28-29-30-31-34-37-40-43-46-49-52-55-61(70)78-65-63(72)62(71)64(66(73)74)79-67(65)76-57-58(77-60(69)54-51-48-45-42-39-36-33-27-24-21-18-15-12-9-6-3)56-75-59(68)53-50-47-44-41-38-35-32-26-23-20-17-14-11-8-5-2/h8,11,16-21,25-28,30-33,38,41,47,50,58,62-65,67,71-72H,4-7,9-10,12-15,22-24,29,34-37,39-40,42-46,48-49,51-57H2,1-3H3,(H,73,74)/b11-8-,19-16-,20-17-,21-18-,28-25-,31-30-,32-26-,33-27-,41-38-,50-47-. The van der Waals surface area contributed by atoms with E-state index >= 15 is 0 Å². The predicted octanol–water partition coefficient (Wildman–Crippen LogP) is 16.0. The van der Waals surface area contributed by atoms with Gasteiger partial charge in [0, 0.05) is 12.8 Å². The third kappa shape index (κ3) is 43.6. The molecule has 79 heavy (non-hydrogen) atoms. The van der Waals surface area contributed by atoms with Crippen molar-refractivity contribution in [2.45, 2.75) is 263 Å². The number of carbonyl (C=O) groups excluding carboxylic acids is 3. The number of hydrogen-bond acceptors (Lipinski definition) is 11. The number of carbonyl (C=O) groups is 4. The molecule has 12 heteroatoms. The van der Waals surface area contributed by atoms with Crippen LogP contribution in [0.15, 0.2) is 122 Å². The second-order valence-electron chi connectivity index (χ2n) is 20.3. The first-order valence-electron chi connectivity index (χ1n) is 30.5. The molecule has 6 unspecified atom stereocenters. The predicted molar refractivity (Wildman–Crippen MR) is 321 cm³/mol. The molecule has 0 aromatic rings. The minimum atomic E-state index is -1.93. The van der Waals surface area contributed by atoms with E-state index in [-0.39, 0.29) is 25.9 Å². The maximum absolute atomic E-state index is 13.1. The van der Waals surface area contributed by atoms with Crippen molar-refractivity contribution in [2.24, 2.45) is 0 Å². The number of carboxylic acid groups (broad SMARTS) is 1. The van der Waals surface area contributed by atoms with Gasteiger partial charge in [0.05, 0.1) is 13.0 Å². The fourth-order valence-corrected chi connectivity index (χ4v) is 8.36. The Kier molecular flexibility index (Phi) is 49.1. The third-order valence-corrected chi connectivity index (χ3v) is 13.0.